The third-order valence-corrected chi connectivity index (χ3v) is 6.11. The molecule has 0 aromatic carbocycles. The van der Waals surface area contributed by atoms with E-state index in [0.29, 0.717) is 38.8 Å². The maximum Gasteiger partial charge on any atom is 0.349 e. The molecule has 26 heavy (non-hydrogen) atoms. The number of thiophene rings is 1. The van der Waals surface area contributed by atoms with Gasteiger partial charge in [0.25, 0.3) is 5.56 Å². The number of carbonyl (C=O) groups excluding carboxylic acids is 1. The van der Waals surface area contributed by atoms with Crippen LogP contribution in [0.5, 0.6) is 0 Å². The number of nitrogens with zero attached hydrogens (tertiary/aromatic N) is 3. The molecule has 0 unspecified atom stereocenters. The van der Waals surface area contributed by atoms with Crippen LogP contribution in [0.4, 0.5) is 0 Å². The monoisotopic (exact) mass is 371 g/mol. The highest BCUT2D eigenvalue weighted by Gasteiger charge is 2.29. The molecular weight excluding hydrogens is 354 g/mol. The predicted molar refractivity (Wildman–Crippen MR) is 94.5 cm³/mol. The summed E-state index contributed by atoms with van der Waals surface area (Å²) in [5.74, 6) is 1.50. The lowest BCUT2D eigenvalue weighted by Crippen LogP contribution is -2.20. The Hall–Kier alpha value is -2.48. The van der Waals surface area contributed by atoms with Gasteiger partial charge in [-0.3, -0.25) is 9.36 Å². The molecule has 3 aromatic heterocycles. The van der Waals surface area contributed by atoms with Gasteiger partial charge in [-0.15, -0.1) is 11.3 Å². The van der Waals surface area contributed by atoms with Crippen molar-refractivity contribution in [2.24, 2.45) is 0 Å². The highest BCUT2D eigenvalue weighted by Crippen LogP contribution is 2.39. The first-order valence-corrected chi connectivity index (χ1v) is 9.57. The molecule has 1 aliphatic carbocycles. The van der Waals surface area contributed by atoms with Gasteiger partial charge < -0.3 is 9.15 Å². The molecule has 8 heteroatoms. The molecule has 3 aromatic rings. The molecule has 7 nitrogen and oxygen atoms in total. The number of rotatable bonds is 4. The minimum Gasteiger partial charge on any atom is -0.455 e. The Balaban J connectivity index is 1.41. The highest BCUT2D eigenvalue weighted by molar-refractivity contribution is 7.20. The Morgan fingerprint density at radius 3 is 3.08 bits per heavy atom. The number of oxazole rings is 1. The molecule has 0 amide bonds. The van der Waals surface area contributed by atoms with Crippen molar-refractivity contribution in [1.82, 2.24) is 14.5 Å². The first-order valence-electron chi connectivity index (χ1n) is 8.76. The van der Waals surface area contributed by atoms with Crippen LogP contribution in [-0.4, -0.2) is 20.5 Å². The average molecular weight is 371 g/mol. The van der Waals surface area contributed by atoms with Crippen LogP contribution in [0.25, 0.3) is 10.2 Å². The summed E-state index contributed by atoms with van der Waals surface area (Å²) in [4.78, 5) is 35.2. The van der Waals surface area contributed by atoms with Crippen LogP contribution >= 0.6 is 11.3 Å². The molecule has 1 aliphatic heterocycles. The molecule has 134 valence electrons. The van der Waals surface area contributed by atoms with Crippen molar-refractivity contribution in [1.29, 1.82) is 0 Å². The second-order valence-electron chi connectivity index (χ2n) is 6.85. The molecule has 2 aliphatic rings. The number of fused-ring (bicyclic) bond motifs is 2. The van der Waals surface area contributed by atoms with E-state index in [1.807, 2.05) is 0 Å². The molecular formula is C18H17N3O4S. The fraction of sp³-hybridized carbons (Fsp3) is 0.444. The molecule has 0 spiro atoms. The zero-order valence-electron chi connectivity index (χ0n) is 14.3. The predicted octanol–water partition coefficient (Wildman–Crippen LogP) is 2.94. The zero-order chi connectivity index (χ0) is 17.8. The summed E-state index contributed by atoms with van der Waals surface area (Å²) in [7, 11) is 0. The second-order valence-corrected chi connectivity index (χ2v) is 7.85. The molecule has 0 N–H and O–H groups in total. The van der Waals surface area contributed by atoms with E-state index >= 15 is 0 Å². The Morgan fingerprint density at radius 1 is 1.42 bits per heavy atom. The van der Waals surface area contributed by atoms with E-state index in [1.165, 1.54) is 17.6 Å². The van der Waals surface area contributed by atoms with Crippen LogP contribution in [0.2, 0.25) is 0 Å². The summed E-state index contributed by atoms with van der Waals surface area (Å²) in [5, 5.41) is 0.532. The van der Waals surface area contributed by atoms with Crippen LogP contribution in [-0.2, 0) is 24.3 Å². The van der Waals surface area contributed by atoms with Crippen molar-refractivity contribution in [2.75, 3.05) is 0 Å². The zero-order valence-corrected chi connectivity index (χ0v) is 15.1. The summed E-state index contributed by atoms with van der Waals surface area (Å²) in [6, 6.07) is 0. The van der Waals surface area contributed by atoms with E-state index in [1.54, 1.807) is 11.5 Å². The number of hydrogen-bond donors (Lipinski definition) is 0. The average Bonchev–Trinajstić information content (AvgIpc) is 3.05. The first-order chi connectivity index (χ1) is 12.6. The molecule has 4 heterocycles. The first kappa shape index (κ1) is 15.7. The maximum absolute atomic E-state index is 12.7. The maximum atomic E-state index is 12.7. The van der Waals surface area contributed by atoms with Crippen molar-refractivity contribution in [3.8, 4) is 0 Å². The van der Waals surface area contributed by atoms with Gasteiger partial charge in [0.05, 0.1) is 5.39 Å². The lowest BCUT2D eigenvalue weighted by atomic mass is 10.2. The van der Waals surface area contributed by atoms with Crippen LogP contribution in [0.3, 0.4) is 0 Å². The normalized spacial score (nSPS) is 16.2. The Bertz CT molecular complexity index is 1090. The number of aromatic nitrogens is 3. The Labute approximate surface area is 152 Å². The summed E-state index contributed by atoms with van der Waals surface area (Å²) in [5.41, 5.74) is 1.20. The highest BCUT2D eigenvalue weighted by atomic mass is 32.1. The smallest absolute Gasteiger partial charge is 0.349 e. The number of hydrogen-bond acceptors (Lipinski definition) is 7. The molecule has 1 saturated carbocycles. The molecule has 0 saturated heterocycles. The van der Waals surface area contributed by atoms with E-state index in [9.17, 15) is 9.59 Å². The van der Waals surface area contributed by atoms with Crippen molar-refractivity contribution in [3.05, 3.63) is 44.5 Å². The largest absolute Gasteiger partial charge is 0.455 e. The standard InChI is InChI=1S/C18H17N3O4S/c1-9-13-16(20-12-3-2-6-21(12)17(13)22)26-14(9)18(23)25-8-11-7-24-15(19-11)10-4-5-10/h7,10H,2-6,8H2,1H3. The van der Waals surface area contributed by atoms with Crippen LogP contribution in [0, 0.1) is 6.92 Å². The van der Waals surface area contributed by atoms with E-state index in [0.717, 1.165) is 37.4 Å². The number of ether oxygens (including phenoxy) is 1. The van der Waals surface area contributed by atoms with Gasteiger partial charge >= 0.3 is 5.97 Å². The SMILES string of the molecule is Cc1c(C(=O)OCc2coc(C3CC3)n2)sc2nc3n(c(=O)c12)CCC3. The fourth-order valence-corrected chi connectivity index (χ4v) is 4.47. The van der Waals surface area contributed by atoms with Gasteiger partial charge in [0.15, 0.2) is 5.89 Å². The topological polar surface area (TPSA) is 87.2 Å². The molecule has 1 fully saturated rings. The minimum absolute atomic E-state index is 0.0547. The molecule has 0 atom stereocenters. The Morgan fingerprint density at radius 2 is 2.27 bits per heavy atom. The lowest BCUT2D eigenvalue weighted by molar-refractivity contribution is 0.0473. The van der Waals surface area contributed by atoms with Gasteiger partial charge in [-0.1, -0.05) is 0 Å². The number of aryl methyl sites for hydroxylation is 2. The van der Waals surface area contributed by atoms with Gasteiger partial charge in [-0.2, -0.15) is 0 Å². The lowest BCUT2D eigenvalue weighted by Gasteiger charge is -2.02. The quantitative estimate of drug-likeness (QED) is 0.655. The van der Waals surface area contributed by atoms with Crippen LogP contribution in [0.1, 0.15) is 57.8 Å². The van der Waals surface area contributed by atoms with Gasteiger partial charge in [0.1, 0.15) is 34.1 Å². The summed E-state index contributed by atoms with van der Waals surface area (Å²) >= 11 is 1.22. The van der Waals surface area contributed by atoms with Gasteiger partial charge in [-0.05, 0) is 31.7 Å². The van der Waals surface area contributed by atoms with Crippen molar-refractivity contribution in [3.63, 3.8) is 0 Å². The summed E-state index contributed by atoms with van der Waals surface area (Å²) in [6.07, 6.45) is 5.49. The third-order valence-electron chi connectivity index (χ3n) is 4.94. The van der Waals surface area contributed by atoms with E-state index < -0.39 is 5.97 Å². The Kier molecular flexibility index (Phi) is 3.49. The summed E-state index contributed by atoms with van der Waals surface area (Å²) in [6.45, 7) is 2.54. The van der Waals surface area contributed by atoms with Gasteiger partial charge in [0, 0.05) is 18.9 Å². The molecule has 0 radical (unpaired) electrons. The van der Waals surface area contributed by atoms with Crippen molar-refractivity contribution in [2.45, 2.75) is 51.7 Å². The van der Waals surface area contributed by atoms with E-state index in [-0.39, 0.29) is 12.2 Å². The van der Waals surface area contributed by atoms with Crippen molar-refractivity contribution >= 4 is 27.5 Å². The van der Waals surface area contributed by atoms with Crippen LogP contribution < -0.4 is 5.56 Å². The molecule has 5 rings (SSSR count). The fourth-order valence-electron chi connectivity index (χ4n) is 3.38. The number of esters is 1. The van der Waals surface area contributed by atoms with Gasteiger partial charge in [0.2, 0.25) is 0 Å². The van der Waals surface area contributed by atoms with E-state index in [4.69, 9.17) is 9.15 Å². The van der Waals surface area contributed by atoms with Crippen LogP contribution in [0.15, 0.2) is 15.5 Å². The molecule has 0 bridgehead atoms. The van der Waals surface area contributed by atoms with Gasteiger partial charge in [-0.25, -0.2) is 14.8 Å². The van der Waals surface area contributed by atoms with Crippen molar-refractivity contribution < 1.29 is 13.9 Å². The number of carbonyl (C=O) groups is 1. The summed E-state index contributed by atoms with van der Waals surface area (Å²) < 4.78 is 12.5. The minimum atomic E-state index is -0.453. The second kappa shape index (κ2) is 5.77. The van der Waals surface area contributed by atoms with E-state index in [2.05, 4.69) is 9.97 Å². The third kappa shape index (κ3) is 2.47.